The Balaban J connectivity index is 2.44. The molecule has 0 aromatic heterocycles. The third-order valence-electron chi connectivity index (χ3n) is 3.42. The van der Waals surface area contributed by atoms with Crippen LogP contribution in [0.2, 0.25) is 0 Å². The number of hydrogen-bond acceptors (Lipinski definition) is 4. The molecule has 1 aliphatic heterocycles. The molecular formula is C12H26N2O2. The summed E-state index contributed by atoms with van der Waals surface area (Å²) < 4.78 is 10.5. The summed E-state index contributed by atoms with van der Waals surface area (Å²) in [6.45, 7) is 3.02. The minimum atomic E-state index is -0.128. The van der Waals surface area contributed by atoms with Crippen LogP contribution in [-0.2, 0) is 9.47 Å². The zero-order valence-electron chi connectivity index (χ0n) is 10.7. The molecule has 0 spiro atoms. The van der Waals surface area contributed by atoms with Crippen LogP contribution in [0.4, 0.5) is 0 Å². The summed E-state index contributed by atoms with van der Waals surface area (Å²) in [5, 5.41) is 0. The number of methoxy groups -OCH3 is 2. The third kappa shape index (κ3) is 4.37. The molecule has 1 atom stereocenters. The van der Waals surface area contributed by atoms with Gasteiger partial charge in [0.05, 0.1) is 0 Å². The predicted molar refractivity (Wildman–Crippen MR) is 65.3 cm³/mol. The molecule has 16 heavy (non-hydrogen) atoms. The van der Waals surface area contributed by atoms with Crippen LogP contribution < -0.4 is 5.73 Å². The molecule has 0 aromatic carbocycles. The van der Waals surface area contributed by atoms with Crippen LogP contribution in [0.15, 0.2) is 0 Å². The molecular weight excluding hydrogens is 204 g/mol. The van der Waals surface area contributed by atoms with Gasteiger partial charge in [-0.25, -0.2) is 0 Å². The van der Waals surface area contributed by atoms with Crippen LogP contribution >= 0.6 is 0 Å². The van der Waals surface area contributed by atoms with Gasteiger partial charge in [-0.05, 0) is 25.9 Å². The minimum absolute atomic E-state index is 0.128. The van der Waals surface area contributed by atoms with E-state index in [9.17, 15) is 0 Å². The third-order valence-corrected chi connectivity index (χ3v) is 3.42. The Labute approximate surface area is 99.1 Å². The van der Waals surface area contributed by atoms with E-state index in [1.165, 1.54) is 38.8 Å². The molecule has 0 aliphatic carbocycles. The first kappa shape index (κ1) is 13.9. The Morgan fingerprint density at radius 3 is 2.06 bits per heavy atom. The van der Waals surface area contributed by atoms with Gasteiger partial charge in [-0.15, -0.1) is 0 Å². The Hall–Kier alpha value is -0.160. The van der Waals surface area contributed by atoms with Gasteiger partial charge in [-0.3, -0.25) is 4.90 Å². The van der Waals surface area contributed by atoms with Gasteiger partial charge < -0.3 is 15.2 Å². The highest BCUT2D eigenvalue weighted by molar-refractivity contribution is 4.76. The standard InChI is InChI=1S/C12H26N2O2/c1-15-12(16-2)9-11(10-13)14-7-5-3-4-6-8-14/h11-12H,3-10,13H2,1-2H3. The highest BCUT2D eigenvalue weighted by Gasteiger charge is 2.22. The topological polar surface area (TPSA) is 47.7 Å². The monoisotopic (exact) mass is 230 g/mol. The van der Waals surface area contributed by atoms with Crippen molar-refractivity contribution in [3.8, 4) is 0 Å². The number of likely N-dealkylation sites (tertiary alicyclic amines) is 1. The molecule has 1 unspecified atom stereocenters. The first-order valence-electron chi connectivity index (χ1n) is 6.31. The van der Waals surface area contributed by atoms with Gasteiger partial charge >= 0.3 is 0 Å². The van der Waals surface area contributed by atoms with E-state index in [0.717, 1.165) is 6.42 Å². The molecule has 1 heterocycles. The Morgan fingerprint density at radius 2 is 1.62 bits per heavy atom. The van der Waals surface area contributed by atoms with Crippen LogP contribution in [-0.4, -0.2) is 51.1 Å². The SMILES string of the molecule is COC(CC(CN)N1CCCCCC1)OC. The maximum absolute atomic E-state index is 5.86. The lowest BCUT2D eigenvalue weighted by Crippen LogP contribution is -2.43. The van der Waals surface area contributed by atoms with Gasteiger partial charge in [0.1, 0.15) is 0 Å². The summed E-state index contributed by atoms with van der Waals surface area (Å²) in [5.74, 6) is 0. The molecule has 4 heteroatoms. The average Bonchev–Trinajstić information content (AvgIpc) is 2.60. The second kappa shape index (κ2) is 8.01. The summed E-state index contributed by atoms with van der Waals surface area (Å²) >= 11 is 0. The number of rotatable bonds is 6. The van der Waals surface area contributed by atoms with E-state index in [4.69, 9.17) is 15.2 Å². The number of nitrogens with zero attached hydrogens (tertiary/aromatic N) is 1. The number of nitrogens with two attached hydrogens (primary N) is 1. The Kier molecular flexibility index (Phi) is 6.96. The molecule has 4 nitrogen and oxygen atoms in total. The smallest absolute Gasteiger partial charge is 0.158 e. The van der Waals surface area contributed by atoms with E-state index in [1.807, 2.05) is 0 Å². The normalized spacial score (nSPS) is 21.0. The van der Waals surface area contributed by atoms with Crippen molar-refractivity contribution in [2.45, 2.75) is 44.4 Å². The molecule has 2 N–H and O–H groups in total. The van der Waals surface area contributed by atoms with Crippen LogP contribution in [0.25, 0.3) is 0 Å². The molecule has 0 aromatic rings. The van der Waals surface area contributed by atoms with Gasteiger partial charge in [-0.1, -0.05) is 12.8 Å². The molecule has 0 saturated carbocycles. The van der Waals surface area contributed by atoms with Gasteiger partial charge in [0, 0.05) is 33.2 Å². The van der Waals surface area contributed by atoms with Crippen LogP contribution in [0, 0.1) is 0 Å². The van der Waals surface area contributed by atoms with E-state index >= 15 is 0 Å². The van der Waals surface area contributed by atoms with E-state index < -0.39 is 0 Å². The molecule has 1 fully saturated rings. The van der Waals surface area contributed by atoms with Crippen LogP contribution in [0.1, 0.15) is 32.1 Å². The van der Waals surface area contributed by atoms with E-state index in [2.05, 4.69) is 4.90 Å². The van der Waals surface area contributed by atoms with E-state index in [0.29, 0.717) is 12.6 Å². The lowest BCUT2D eigenvalue weighted by molar-refractivity contribution is -0.116. The second-order valence-electron chi connectivity index (χ2n) is 4.48. The van der Waals surface area contributed by atoms with Crippen LogP contribution in [0.3, 0.4) is 0 Å². The predicted octanol–water partition coefficient (Wildman–Crippen LogP) is 1.20. The summed E-state index contributed by atoms with van der Waals surface area (Å²) in [6.07, 6.45) is 6.03. The lowest BCUT2D eigenvalue weighted by Gasteiger charge is -2.31. The molecule has 1 aliphatic rings. The van der Waals surface area contributed by atoms with Crippen molar-refractivity contribution >= 4 is 0 Å². The number of hydrogen-bond donors (Lipinski definition) is 1. The molecule has 1 saturated heterocycles. The second-order valence-corrected chi connectivity index (χ2v) is 4.48. The lowest BCUT2D eigenvalue weighted by atomic mass is 10.1. The van der Waals surface area contributed by atoms with Gasteiger partial charge in [0.25, 0.3) is 0 Å². The highest BCUT2D eigenvalue weighted by Crippen LogP contribution is 2.16. The first-order chi connectivity index (χ1) is 7.81. The van der Waals surface area contributed by atoms with Crippen molar-refractivity contribution < 1.29 is 9.47 Å². The van der Waals surface area contributed by atoms with Crippen molar-refractivity contribution in [1.82, 2.24) is 4.90 Å². The molecule has 96 valence electrons. The molecule has 0 amide bonds. The van der Waals surface area contributed by atoms with Crippen molar-refractivity contribution in [3.05, 3.63) is 0 Å². The zero-order chi connectivity index (χ0) is 11.8. The zero-order valence-corrected chi connectivity index (χ0v) is 10.7. The molecule has 0 bridgehead atoms. The molecule has 0 radical (unpaired) electrons. The van der Waals surface area contributed by atoms with Gasteiger partial charge in [-0.2, -0.15) is 0 Å². The maximum atomic E-state index is 5.86. The first-order valence-corrected chi connectivity index (χ1v) is 6.31. The van der Waals surface area contributed by atoms with Crippen LogP contribution in [0.5, 0.6) is 0 Å². The van der Waals surface area contributed by atoms with Crippen molar-refractivity contribution in [2.75, 3.05) is 33.9 Å². The fraction of sp³-hybridized carbons (Fsp3) is 1.00. The fourth-order valence-electron chi connectivity index (χ4n) is 2.37. The summed E-state index contributed by atoms with van der Waals surface area (Å²) in [6, 6.07) is 0.392. The highest BCUT2D eigenvalue weighted by atomic mass is 16.7. The van der Waals surface area contributed by atoms with E-state index in [-0.39, 0.29) is 6.29 Å². The summed E-state index contributed by atoms with van der Waals surface area (Å²) in [4.78, 5) is 2.50. The largest absolute Gasteiger partial charge is 0.356 e. The van der Waals surface area contributed by atoms with E-state index in [1.54, 1.807) is 14.2 Å². The summed E-state index contributed by atoms with van der Waals surface area (Å²) in [7, 11) is 3.37. The van der Waals surface area contributed by atoms with Crippen molar-refractivity contribution in [1.29, 1.82) is 0 Å². The summed E-state index contributed by atoms with van der Waals surface area (Å²) in [5.41, 5.74) is 5.86. The van der Waals surface area contributed by atoms with Crippen molar-refractivity contribution in [3.63, 3.8) is 0 Å². The van der Waals surface area contributed by atoms with Crippen molar-refractivity contribution in [2.24, 2.45) is 5.73 Å². The Morgan fingerprint density at radius 1 is 1.06 bits per heavy atom. The van der Waals surface area contributed by atoms with Gasteiger partial charge in [0.15, 0.2) is 6.29 Å². The Bertz CT molecular complexity index is 166. The maximum Gasteiger partial charge on any atom is 0.158 e. The quantitative estimate of drug-likeness (QED) is 0.697. The van der Waals surface area contributed by atoms with Gasteiger partial charge in [0.2, 0.25) is 0 Å². The number of ether oxygens (including phenoxy) is 2. The minimum Gasteiger partial charge on any atom is -0.356 e. The molecule has 1 rings (SSSR count). The average molecular weight is 230 g/mol. The fourth-order valence-corrected chi connectivity index (χ4v) is 2.37.